The monoisotopic (exact) mass is 270 g/mol. The van der Waals surface area contributed by atoms with Crippen LogP contribution in [0.25, 0.3) is 0 Å². The normalized spacial score (nSPS) is 29.4. The van der Waals surface area contributed by atoms with Crippen LogP contribution < -0.4 is 5.48 Å². The minimum absolute atomic E-state index is 0.0162. The number of hydrogen-bond donors (Lipinski definition) is 2. The maximum absolute atomic E-state index is 11.9. The van der Waals surface area contributed by atoms with Crippen molar-refractivity contribution >= 4 is 11.8 Å². The molecule has 2 N–H and O–H groups in total. The molecule has 2 fully saturated rings. The molecular formula is C13H22N2O4. The van der Waals surface area contributed by atoms with E-state index in [0.717, 1.165) is 32.1 Å². The highest BCUT2D eigenvalue weighted by molar-refractivity contribution is 5.88. The van der Waals surface area contributed by atoms with Crippen molar-refractivity contribution in [2.45, 2.75) is 50.7 Å². The first-order valence-electron chi connectivity index (χ1n) is 6.93. The first-order valence-corrected chi connectivity index (χ1v) is 6.93. The Hall–Kier alpha value is -1.14. The van der Waals surface area contributed by atoms with Crippen LogP contribution in [0.5, 0.6) is 0 Å². The maximum atomic E-state index is 11.9. The minimum atomic E-state index is -0.530. The van der Waals surface area contributed by atoms with E-state index in [4.69, 9.17) is 9.94 Å². The summed E-state index contributed by atoms with van der Waals surface area (Å²) < 4.78 is 5.32. The molecule has 1 aliphatic carbocycles. The average Bonchev–Trinajstić information content (AvgIpc) is 2.86. The van der Waals surface area contributed by atoms with Crippen molar-refractivity contribution in [2.24, 2.45) is 5.92 Å². The zero-order valence-corrected chi connectivity index (χ0v) is 11.3. The quantitative estimate of drug-likeness (QED) is 0.582. The van der Waals surface area contributed by atoms with Crippen LogP contribution >= 0.6 is 0 Å². The van der Waals surface area contributed by atoms with Crippen LogP contribution in [-0.4, -0.2) is 47.7 Å². The average molecular weight is 270 g/mol. The van der Waals surface area contributed by atoms with Crippen molar-refractivity contribution < 1.29 is 19.5 Å². The van der Waals surface area contributed by atoms with Crippen LogP contribution in [-0.2, 0) is 14.3 Å². The molecule has 1 heterocycles. The number of methoxy groups -OCH3 is 1. The summed E-state index contributed by atoms with van der Waals surface area (Å²) in [5.41, 5.74) is 1.72. The lowest BCUT2D eigenvalue weighted by molar-refractivity contribution is -0.145. The zero-order valence-electron chi connectivity index (χ0n) is 11.3. The number of hydroxylamine groups is 1. The Morgan fingerprint density at radius 1 is 1.42 bits per heavy atom. The highest BCUT2D eigenvalue weighted by atomic mass is 16.5. The molecule has 0 aromatic carbocycles. The summed E-state index contributed by atoms with van der Waals surface area (Å²) in [6.45, 7) is 0.612. The van der Waals surface area contributed by atoms with Crippen LogP contribution in [0.4, 0.5) is 0 Å². The summed E-state index contributed by atoms with van der Waals surface area (Å²) in [4.78, 5) is 25.4. The Morgan fingerprint density at radius 3 is 2.58 bits per heavy atom. The van der Waals surface area contributed by atoms with Gasteiger partial charge in [-0.05, 0) is 38.0 Å². The lowest BCUT2D eigenvalue weighted by atomic mass is 9.81. The van der Waals surface area contributed by atoms with Crippen LogP contribution in [0.15, 0.2) is 0 Å². The smallest absolute Gasteiger partial charge is 0.266 e. The van der Waals surface area contributed by atoms with E-state index < -0.39 is 11.9 Å². The number of amides is 2. The van der Waals surface area contributed by atoms with Crippen molar-refractivity contribution in [3.05, 3.63) is 0 Å². The van der Waals surface area contributed by atoms with E-state index in [1.807, 2.05) is 0 Å². The van der Waals surface area contributed by atoms with Gasteiger partial charge in [0.05, 0.1) is 6.10 Å². The van der Waals surface area contributed by atoms with Crippen LogP contribution in [0.3, 0.4) is 0 Å². The van der Waals surface area contributed by atoms with E-state index in [0.29, 0.717) is 13.0 Å². The molecule has 0 spiro atoms. The summed E-state index contributed by atoms with van der Waals surface area (Å²) in [6, 6.07) is -0.530. The third-order valence-corrected chi connectivity index (χ3v) is 4.32. The molecule has 2 amide bonds. The fourth-order valence-electron chi connectivity index (χ4n) is 3.28. The fraction of sp³-hybridized carbons (Fsp3) is 0.846. The molecule has 1 aliphatic heterocycles. The Morgan fingerprint density at radius 2 is 2.11 bits per heavy atom. The number of ether oxygens (including phenoxy) is 1. The molecule has 108 valence electrons. The van der Waals surface area contributed by atoms with Gasteiger partial charge in [0.2, 0.25) is 5.91 Å². The topological polar surface area (TPSA) is 78.9 Å². The minimum Gasteiger partial charge on any atom is -0.381 e. The number of likely N-dealkylation sites (tertiary alicyclic amines) is 1. The van der Waals surface area contributed by atoms with E-state index in [-0.39, 0.29) is 17.9 Å². The van der Waals surface area contributed by atoms with Gasteiger partial charge in [0, 0.05) is 20.1 Å². The molecule has 2 rings (SSSR count). The third kappa shape index (κ3) is 3.06. The number of carbonyl (C=O) groups is 2. The molecule has 19 heavy (non-hydrogen) atoms. The van der Waals surface area contributed by atoms with Crippen molar-refractivity contribution in [1.82, 2.24) is 10.4 Å². The molecule has 1 unspecified atom stereocenters. The molecule has 6 nitrogen and oxygen atoms in total. The lowest BCUT2D eigenvalue weighted by Gasteiger charge is -2.36. The summed E-state index contributed by atoms with van der Waals surface area (Å²) in [7, 11) is 1.70. The van der Waals surface area contributed by atoms with E-state index in [1.165, 1.54) is 0 Å². The molecule has 2 aliphatic rings. The molecule has 0 aromatic heterocycles. The van der Waals surface area contributed by atoms with Gasteiger partial charge in [0.25, 0.3) is 5.91 Å². The number of carbonyl (C=O) groups excluding carboxylic acids is 2. The Labute approximate surface area is 113 Å². The Bertz CT molecular complexity index is 340. The summed E-state index contributed by atoms with van der Waals surface area (Å²) in [5.74, 6) is -0.334. The molecule has 1 saturated carbocycles. The molecule has 0 radical (unpaired) electrons. The van der Waals surface area contributed by atoms with Crippen molar-refractivity contribution in [3.63, 3.8) is 0 Å². The molecule has 1 saturated heterocycles. The van der Waals surface area contributed by atoms with Gasteiger partial charge in [-0.15, -0.1) is 0 Å². The molecule has 0 bridgehead atoms. The van der Waals surface area contributed by atoms with Crippen molar-refractivity contribution in [2.75, 3.05) is 13.7 Å². The Kier molecular flexibility index (Phi) is 4.76. The van der Waals surface area contributed by atoms with E-state index in [1.54, 1.807) is 17.5 Å². The lowest BCUT2D eigenvalue weighted by Crippen LogP contribution is -2.51. The third-order valence-electron chi connectivity index (χ3n) is 4.32. The molecule has 6 heteroatoms. The first kappa shape index (κ1) is 14.3. The summed E-state index contributed by atoms with van der Waals surface area (Å²) in [5, 5.41) is 8.92. The highest BCUT2D eigenvalue weighted by Gasteiger charge is 2.39. The summed E-state index contributed by atoms with van der Waals surface area (Å²) in [6.07, 6.45) is 5.05. The predicted molar refractivity (Wildman–Crippen MR) is 67.4 cm³/mol. The molecule has 0 aromatic rings. The van der Waals surface area contributed by atoms with Gasteiger partial charge in [-0.1, -0.05) is 0 Å². The zero-order chi connectivity index (χ0) is 13.8. The number of hydrogen-bond acceptors (Lipinski definition) is 4. The van der Waals surface area contributed by atoms with Crippen molar-refractivity contribution in [1.29, 1.82) is 0 Å². The second-order valence-electron chi connectivity index (χ2n) is 5.38. The summed E-state index contributed by atoms with van der Waals surface area (Å²) >= 11 is 0. The standard InChI is InChI=1S/C13H22N2O4/c1-19-10-6-4-9(5-7-10)12(13(17)14-18)15-8-2-3-11(15)16/h9-10,12,18H,2-8H2,1H3,(H,14,17). The SMILES string of the molecule is COC1CCC(C(C(=O)NO)N2CCCC2=O)CC1. The molecule has 1 atom stereocenters. The Balaban J connectivity index is 2.06. The molecular weight excluding hydrogens is 248 g/mol. The second-order valence-corrected chi connectivity index (χ2v) is 5.38. The maximum Gasteiger partial charge on any atom is 0.266 e. The number of nitrogens with one attached hydrogen (secondary N) is 1. The fourth-order valence-corrected chi connectivity index (χ4v) is 3.28. The van der Waals surface area contributed by atoms with Crippen LogP contribution in [0, 0.1) is 5.92 Å². The van der Waals surface area contributed by atoms with Gasteiger partial charge in [0.1, 0.15) is 6.04 Å². The van der Waals surface area contributed by atoms with Gasteiger partial charge >= 0.3 is 0 Å². The van der Waals surface area contributed by atoms with Gasteiger partial charge < -0.3 is 9.64 Å². The van der Waals surface area contributed by atoms with Gasteiger partial charge in [-0.3, -0.25) is 14.8 Å². The highest BCUT2D eigenvalue weighted by Crippen LogP contribution is 2.32. The van der Waals surface area contributed by atoms with Gasteiger partial charge in [-0.25, -0.2) is 5.48 Å². The van der Waals surface area contributed by atoms with E-state index in [2.05, 4.69) is 0 Å². The number of nitrogens with zero attached hydrogens (tertiary/aromatic N) is 1. The van der Waals surface area contributed by atoms with E-state index in [9.17, 15) is 9.59 Å². The van der Waals surface area contributed by atoms with Crippen LogP contribution in [0.2, 0.25) is 0 Å². The van der Waals surface area contributed by atoms with Gasteiger partial charge in [-0.2, -0.15) is 0 Å². The largest absolute Gasteiger partial charge is 0.381 e. The predicted octanol–water partition coefficient (Wildman–Crippen LogP) is 0.688. The first-order chi connectivity index (χ1) is 9.17. The van der Waals surface area contributed by atoms with E-state index >= 15 is 0 Å². The number of rotatable bonds is 4. The van der Waals surface area contributed by atoms with Crippen molar-refractivity contribution in [3.8, 4) is 0 Å². The van der Waals surface area contributed by atoms with Gasteiger partial charge in [0.15, 0.2) is 0 Å². The van der Waals surface area contributed by atoms with Crippen LogP contribution in [0.1, 0.15) is 38.5 Å². The second kappa shape index (κ2) is 6.34.